The third-order valence-corrected chi connectivity index (χ3v) is 3.90. The number of nitrogens with one attached hydrogen (secondary N) is 1. The Kier molecular flexibility index (Phi) is 4.16. The predicted octanol–water partition coefficient (Wildman–Crippen LogP) is 5.25. The first-order valence-corrected chi connectivity index (χ1v) is 7.30. The van der Waals surface area contributed by atoms with E-state index in [1.807, 2.05) is 24.3 Å². The van der Waals surface area contributed by atoms with Crippen LogP contribution in [0, 0.1) is 5.82 Å². The van der Waals surface area contributed by atoms with E-state index in [4.69, 9.17) is 16.3 Å². The zero-order valence-corrected chi connectivity index (χ0v) is 12.8. The van der Waals surface area contributed by atoms with Crippen molar-refractivity contribution in [3.05, 3.63) is 71.0 Å². The first-order valence-electron chi connectivity index (χ1n) is 6.92. The van der Waals surface area contributed by atoms with Gasteiger partial charge in [-0.2, -0.15) is 0 Å². The summed E-state index contributed by atoms with van der Waals surface area (Å²) in [7, 11) is 1.66. The number of ether oxygens (including phenoxy) is 1. The summed E-state index contributed by atoms with van der Waals surface area (Å²) in [6, 6.07) is 16.7. The fourth-order valence-corrected chi connectivity index (χ4v) is 2.67. The molecule has 0 aliphatic heterocycles. The van der Waals surface area contributed by atoms with Crippen molar-refractivity contribution >= 4 is 28.1 Å². The molecule has 0 heterocycles. The molecule has 3 aromatic rings. The van der Waals surface area contributed by atoms with Crippen LogP contribution in [0.2, 0.25) is 5.02 Å². The van der Waals surface area contributed by atoms with Crippen molar-refractivity contribution in [2.45, 2.75) is 6.54 Å². The van der Waals surface area contributed by atoms with Crippen molar-refractivity contribution in [3.8, 4) is 5.75 Å². The molecule has 22 heavy (non-hydrogen) atoms. The molecule has 0 amide bonds. The SMILES string of the molecule is COc1ccc2ccccc2c1CNc1ccc(F)c(Cl)c1. The highest BCUT2D eigenvalue weighted by molar-refractivity contribution is 6.31. The lowest BCUT2D eigenvalue weighted by Gasteiger charge is -2.14. The summed E-state index contributed by atoms with van der Waals surface area (Å²) in [6.45, 7) is 0.562. The Hall–Kier alpha value is -2.26. The summed E-state index contributed by atoms with van der Waals surface area (Å²) < 4.78 is 18.7. The van der Waals surface area contributed by atoms with Gasteiger partial charge in [-0.3, -0.25) is 0 Å². The van der Waals surface area contributed by atoms with Crippen LogP contribution in [0.25, 0.3) is 10.8 Å². The highest BCUT2D eigenvalue weighted by Crippen LogP contribution is 2.29. The van der Waals surface area contributed by atoms with Crippen LogP contribution in [-0.4, -0.2) is 7.11 Å². The number of benzene rings is 3. The lowest BCUT2D eigenvalue weighted by molar-refractivity contribution is 0.411. The highest BCUT2D eigenvalue weighted by atomic mass is 35.5. The lowest BCUT2D eigenvalue weighted by atomic mass is 10.0. The van der Waals surface area contributed by atoms with Gasteiger partial charge in [0.25, 0.3) is 0 Å². The van der Waals surface area contributed by atoms with Gasteiger partial charge in [-0.25, -0.2) is 4.39 Å². The molecule has 112 valence electrons. The van der Waals surface area contributed by atoms with Crippen LogP contribution in [-0.2, 0) is 6.54 Å². The van der Waals surface area contributed by atoms with Gasteiger partial charge in [0.2, 0.25) is 0 Å². The Morgan fingerprint density at radius 1 is 1.09 bits per heavy atom. The van der Waals surface area contributed by atoms with Gasteiger partial charge in [0.15, 0.2) is 0 Å². The van der Waals surface area contributed by atoms with E-state index in [2.05, 4.69) is 17.4 Å². The average molecular weight is 316 g/mol. The molecule has 1 N–H and O–H groups in total. The smallest absolute Gasteiger partial charge is 0.141 e. The number of halogens is 2. The molecular weight excluding hydrogens is 301 g/mol. The molecule has 0 aliphatic carbocycles. The Bertz CT molecular complexity index is 819. The molecule has 0 fully saturated rings. The van der Waals surface area contributed by atoms with Gasteiger partial charge in [0.1, 0.15) is 11.6 Å². The minimum absolute atomic E-state index is 0.106. The van der Waals surface area contributed by atoms with Crippen molar-refractivity contribution in [2.24, 2.45) is 0 Å². The minimum atomic E-state index is -0.421. The van der Waals surface area contributed by atoms with Crippen molar-refractivity contribution < 1.29 is 9.13 Å². The van der Waals surface area contributed by atoms with Gasteiger partial charge in [-0.05, 0) is 35.0 Å². The van der Waals surface area contributed by atoms with E-state index in [-0.39, 0.29) is 5.02 Å². The maximum Gasteiger partial charge on any atom is 0.141 e. The molecular formula is C18H15ClFNO. The van der Waals surface area contributed by atoms with Crippen LogP contribution in [0.3, 0.4) is 0 Å². The number of fused-ring (bicyclic) bond motifs is 1. The molecule has 0 saturated heterocycles. The van der Waals surface area contributed by atoms with E-state index in [9.17, 15) is 4.39 Å². The zero-order valence-electron chi connectivity index (χ0n) is 12.1. The minimum Gasteiger partial charge on any atom is -0.496 e. The van der Waals surface area contributed by atoms with E-state index >= 15 is 0 Å². The molecule has 3 aromatic carbocycles. The lowest BCUT2D eigenvalue weighted by Crippen LogP contribution is -2.03. The van der Waals surface area contributed by atoms with Crippen molar-refractivity contribution in [1.29, 1.82) is 0 Å². The van der Waals surface area contributed by atoms with Crippen LogP contribution in [0.1, 0.15) is 5.56 Å². The monoisotopic (exact) mass is 315 g/mol. The Morgan fingerprint density at radius 2 is 1.91 bits per heavy atom. The molecule has 0 spiro atoms. The highest BCUT2D eigenvalue weighted by Gasteiger charge is 2.08. The fourth-order valence-electron chi connectivity index (χ4n) is 2.49. The summed E-state index contributed by atoms with van der Waals surface area (Å²) in [5, 5.41) is 5.65. The van der Waals surface area contributed by atoms with Crippen molar-refractivity contribution in [1.82, 2.24) is 0 Å². The second-order valence-electron chi connectivity index (χ2n) is 4.95. The van der Waals surface area contributed by atoms with Crippen LogP contribution in [0.4, 0.5) is 10.1 Å². The topological polar surface area (TPSA) is 21.3 Å². The molecule has 0 aromatic heterocycles. The molecule has 0 saturated carbocycles. The number of anilines is 1. The second-order valence-corrected chi connectivity index (χ2v) is 5.36. The second kappa shape index (κ2) is 6.24. The molecule has 0 atom stereocenters. The van der Waals surface area contributed by atoms with E-state index in [0.29, 0.717) is 6.54 Å². The third-order valence-electron chi connectivity index (χ3n) is 3.61. The molecule has 0 unspecified atom stereocenters. The van der Waals surface area contributed by atoms with Crippen LogP contribution in [0.5, 0.6) is 5.75 Å². The van der Waals surface area contributed by atoms with Gasteiger partial charge in [0.05, 0.1) is 12.1 Å². The summed E-state index contributed by atoms with van der Waals surface area (Å²) >= 11 is 5.81. The molecule has 3 rings (SSSR count). The van der Waals surface area contributed by atoms with Crippen LogP contribution < -0.4 is 10.1 Å². The first kappa shape index (κ1) is 14.7. The van der Waals surface area contributed by atoms with Gasteiger partial charge < -0.3 is 10.1 Å². The number of rotatable bonds is 4. The quantitative estimate of drug-likeness (QED) is 0.709. The van der Waals surface area contributed by atoms with E-state index in [1.165, 1.54) is 6.07 Å². The fraction of sp³-hybridized carbons (Fsp3) is 0.111. The largest absolute Gasteiger partial charge is 0.496 e. The van der Waals surface area contributed by atoms with Gasteiger partial charge >= 0.3 is 0 Å². The van der Waals surface area contributed by atoms with Crippen LogP contribution in [0.15, 0.2) is 54.6 Å². The van der Waals surface area contributed by atoms with Gasteiger partial charge in [0, 0.05) is 17.8 Å². The summed E-state index contributed by atoms with van der Waals surface area (Å²) in [4.78, 5) is 0. The first-order chi connectivity index (χ1) is 10.7. The molecule has 0 bridgehead atoms. The van der Waals surface area contributed by atoms with Crippen molar-refractivity contribution in [2.75, 3.05) is 12.4 Å². The Labute approximate surface area is 133 Å². The molecule has 0 radical (unpaired) electrons. The maximum absolute atomic E-state index is 13.2. The van der Waals surface area contributed by atoms with E-state index in [0.717, 1.165) is 27.8 Å². The standard InChI is InChI=1S/C18H15ClFNO/c1-22-18-9-6-12-4-2-3-5-14(12)15(18)11-21-13-7-8-17(20)16(19)10-13/h2-10,21H,11H2,1H3. The van der Waals surface area contributed by atoms with E-state index in [1.54, 1.807) is 19.2 Å². The summed E-state index contributed by atoms with van der Waals surface area (Å²) in [5.41, 5.74) is 1.82. The van der Waals surface area contributed by atoms with Crippen LogP contribution >= 0.6 is 11.6 Å². The third kappa shape index (κ3) is 2.85. The molecule has 2 nitrogen and oxygen atoms in total. The normalized spacial score (nSPS) is 10.7. The zero-order chi connectivity index (χ0) is 15.5. The number of methoxy groups -OCH3 is 1. The Morgan fingerprint density at radius 3 is 2.68 bits per heavy atom. The predicted molar refractivity (Wildman–Crippen MR) is 89.2 cm³/mol. The summed E-state index contributed by atoms with van der Waals surface area (Å²) in [6.07, 6.45) is 0. The number of hydrogen-bond donors (Lipinski definition) is 1. The van der Waals surface area contributed by atoms with Crippen molar-refractivity contribution in [3.63, 3.8) is 0 Å². The molecule has 0 aliphatic rings. The van der Waals surface area contributed by atoms with Gasteiger partial charge in [-0.15, -0.1) is 0 Å². The van der Waals surface area contributed by atoms with E-state index < -0.39 is 5.82 Å². The Balaban J connectivity index is 1.93. The van der Waals surface area contributed by atoms with Gasteiger partial charge in [-0.1, -0.05) is 41.9 Å². The maximum atomic E-state index is 13.2. The number of hydrogen-bond acceptors (Lipinski definition) is 2. The average Bonchev–Trinajstić information content (AvgIpc) is 2.55. The molecule has 4 heteroatoms. The summed E-state index contributed by atoms with van der Waals surface area (Å²) in [5.74, 6) is 0.398.